The normalized spacial score (nSPS) is 13.2. The van der Waals surface area contributed by atoms with E-state index >= 15 is 0 Å². The van der Waals surface area contributed by atoms with Crippen LogP contribution in [-0.2, 0) is 14.8 Å². The first-order chi connectivity index (χ1) is 8.15. The Hall–Kier alpha value is -0.130. The first-order valence-corrected chi connectivity index (χ1v) is 8.40. The highest BCUT2D eigenvalue weighted by Gasteiger charge is 2.20. The first-order valence-electron chi connectivity index (χ1n) is 6.74. The zero-order valence-corrected chi connectivity index (χ0v) is 13.4. The zero-order valence-electron chi connectivity index (χ0n) is 12.6. The van der Waals surface area contributed by atoms with Gasteiger partial charge in [0, 0.05) is 6.54 Å². The third-order valence-electron chi connectivity index (χ3n) is 3.05. The lowest BCUT2D eigenvalue weighted by Crippen LogP contribution is -2.36. The molecule has 0 bridgehead atoms. The van der Waals surface area contributed by atoms with Gasteiger partial charge in [0.15, 0.2) is 0 Å². The fourth-order valence-corrected chi connectivity index (χ4v) is 2.84. The highest BCUT2D eigenvalue weighted by molar-refractivity contribution is 7.89. The second-order valence-electron chi connectivity index (χ2n) is 5.74. The Labute approximate surface area is 113 Å². The Kier molecular flexibility index (Phi) is 8.06. The van der Waals surface area contributed by atoms with Gasteiger partial charge >= 0.3 is 0 Å². The SMILES string of the molecule is CC(C)OCCS(=O)(=O)NCC(C(C)C)C(C)C. The summed E-state index contributed by atoms with van der Waals surface area (Å²) in [6.45, 7) is 13.1. The van der Waals surface area contributed by atoms with E-state index in [1.807, 2.05) is 13.8 Å². The maximum Gasteiger partial charge on any atom is 0.213 e. The minimum Gasteiger partial charge on any atom is -0.378 e. The molecule has 0 rings (SSSR count). The smallest absolute Gasteiger partial charge is 0.213 e. The highest BCUT2D eigenvalue weighted by atomic mass is 32.2. The standard InChI is InChI=1S/C13H29NO3S/c1-10(2)13(11(3)4)9-14-18(15,16)8-7-17-12(5)6/h10-14H,7-9H2,1-6H3. The average Bonchev–Trinajstić information content (AvgIpc) is 2.14. The largest absolute Gasteiger partial charge is 0.378 e. The van der Waals surface area contributed by atoms with E-state index in [0.29, 0.717) is 24.3 Å². The van der Waals surface area contributed by atoms with Crippen LogP contribution in [0.2, 0.25) is 0 Å². The van der Waals surface area contributed by atoms with Gasteiger partial charge in [-0.15, -0.1) is 0 Å². The number of hydrogen-bond acceptors (Lipinski definition) is 3. The topological polar surface area (TPSA) is 55.4 Å². The van der Waals surface area contributed by atoms with Crippen LogP contribution in [0.15, 0.2) is 0 Å². The van der Waals surface area contributed by atoms with Crippen LogP contribution < -0.4 is 4.72 Å². The molecule has 1 N–H and O–H groups in total. The Balaban J connectivity index is 4.16. The Bertz CT molecular complexity index is 302. The van der Waals surface area contributed by atoms with Crippen molar-refractivity contribution in [3.8, 4) is 0 Å². The average molecular weight is 279 g/mol. The van der Waals surface area contributed by atoms with Crippen molar-refractivity contribution >= 4 is 10.0 Å². The van der Waals surface area contributed by atoms with Crippen molar-refractivity contribution in [3.05, 3.63) is 0 Å². The maximum atomic E-state index is 11.8. The van der Waals surface area contributed by atoms with Gasteiger partial charge in [0.2, 0.25) is 10.0 Å². The van der Waals surface area contributed by atoms with Crippen molar-refractivity contribution in [2.24, 2.45) is 17.8 Å². The maximum absolute atomic E-state index is 11.8. The van der Waals surface area contributed by atoms with Crippen molar-refractivity contribution in [2.75, 3.05) is 18.9 Å². The van der Waals surface area contributed by atoms with Crippen LogP contribution in [0.4, 0.5) is 0 Å². The van der Waals surface area contributed by atoms with Crippen molar-refractivity contribution in [2.45, 2.75) is 47.6 Å². The molecular formula is C13H29NO3S. The van der Waals surface area contributed by atoms with Crippen LogP contribution in [0.25, 0.3) is 0 Å². The lowest BCUT2D eigenvalue weighted by atomic mass is 9.86. The van der Waals surface area contributed by atoms with E-state index in [2.05, 4.69) is 32.4 Å². The predicted octanol–water partition coefficient (Wildman–Crippen LogP) is 2.26. The summed E-state index contributed by atoms with van der Waals surface area (Å²) in [5.74, 6) is 1.35. The third-order valence-corrected chi connectivity index (χ3v) is 4.37. The van der Waals surface area contributed by atoms with Gasteiger partial charge in [-0.2, -0.15) is 0 Å². The highest BCUT2D eigenvalue weighted by Crippen LogP contribution is 2.19. The lowest BCUT2D eigenvalue weighted by Gasteiger charge is -2.25. The molecule has 0 aromatic rings. The number of sulfonamides is 1. The summed E-state index contributed by atoms with van der Waals surface area (Å²) in [6.07, 6.45) is 0.0688. The minimum absolute atomic E-state index is 0.0358. The van der Waals surface area contributed by atoms with Crippen LogP contribution in [0, 0.1) is 17.8 Å². The number of rotatable bonds is 9. The Morgan fingerprint density at radius 3 is 1.89 bits per heavy atom. The molecule has 0 atom stereocenters. The van der Waals surface area contributed by atoms with Crippen molar-refractivity contribution in [1.29, 1.82) is 0 Å². The fraction of sp³-hybridized carbons (Fsp3) is 1.00. The predicted molar refractivity (Wildman–Crippen MR) is 76.0 cm³/mol. The molecule has 5 heteroatoms. The van der Waals surface area contributed by atoms with E-state index in [0.717, 1.165) is 0 Å². The third kappa shape index (κ3) is 8.06. The van der Waals surface area contributed by atoms with Crippen LogP contribution in [0.5, 0.6) is 0 Å². The number of nitrogens with one attached hydrogen (secondary N) is 1. The van der Waals surface area contributed by atoms with Crippen molar-refractivity contribution in [3.63, 3.8) is 0 Å². The minimum atomic E-state index is -3.21. The molecule has 0 aliphatic carbocycles. The van der Waals surface area contributed by atoms with Gasteiger partial charge in [0.05, 0.1) is 18.5 Å². The summed E-state index contributed by atoms with van der Waals surface area (Å²) in [6, 6.07) is 0. The number of ether oxygens (including phenoxy) is 1. The molecule has 0 amide bonds. The first kappa shape index (κ1) is 17.9. The van der Waals surface area contributed by atoms with E-state index in [9.17, 15) is 8.42 Å². The summed E-state index contributed by atoms with van der Waals surface area (Å²) >= 11 is 0. The molecule has 0 saturated heterocycles. The van der Waals surface area contributed by atoms with Gasteiger partial charge in [0.1, 0.15) is 0 Å². The van der Waals surface area contributed by atoms with E-state index in [4.69, 9.17) is 4.74 Å². The molecule has 0 saturated carbocycles. The molecule has 0 heterocycles. The molecule has 18 heavy (non-hydrogen) atoms. The molecule has 0 aliphatic heterocycles. The summed E-state index contributed by atoms with van der Waals surface area (Å²) < 4.78 is 31.5. The zero-order chi connectivity index (χ0) is 14.3. The van der Waals surface area contributed by atoms with Gasteiger partial charge in [-0.25, -0.2) is 13.1 Å². The Morgan fingerprint density at radius 1 is 1.00 bits per heavy atom. The molecule has 0 fully saturated rings. The molecular weight excluding hydrogens is 250 g/mol. The summed E-state index contributed by atoms with van der Waals surface area (Å²) in [5, 5.41) is 0. The van der Waals surface area contributed by atoms with E-state index in [-0.39, 0.29) is 18.5 Å². The van der Waals surface area contributed by atoms with Gasteiger partial charge in [-0.1, -0.05) is 27.7 Å². The Morgan fingerprint density at radius 2 is 1.50 bits per heavy atom. The van der Waals surface area contributed by atoms with Crippen LogP contribution in [-0.4, -0.2) is 33.4 Å². The summed E-state index contributed by atoms with van der Waals surface area (Å²) in [7, 11) is -3.21. The van der Waals surface area contributed by atoms with Gasteiger partial charge in [-0.05, 0) is 31.6 Å². The van der Waals surface area contributed by atoms with Gasteiger partial charge < -0.3 is 4.74 Å². The quantitative estimate of drug-likeness (QED) is 0.704. The molecule has 0 spiro atoms. The van der Waals surface area contributed by atoms with Gasteiger partial charge in [0.25, 0.3) is 0 Å². The van der Waals surface area contributed by atoms with Crippen LogP contribution >= 0.6 is 0 Å². The van der Waals surface area contributed by atoms with Crippen molar-refractivity contribution < 1.29 is 13.2 Å². The number of hydrogen-bond donors (Lipinski definition) is 1. The molecule has 0 aromatic heterocycles. The van der Waals surface area contributed by atoms with Crippen LogP contribution in [0.1, 0.15) is 41.5 Å². The molecule has 0 aliphatic rings. The summed E-state index contributed by atoms with van der Waals surface area (Å²) in [5.41, 5.74) is 0. The second kappa shape index (κ2) is 8.12. The van der Waals surface area contributed by atoms with Crippen molar-refractivity contribution in [1.82, 2.24) is 4.72 Å². The van der Waals surface area contributed by atoms with E-state index in [1.54, 1.807) is 0 Å². The molecule has 0 radical (unpaired) electrons. The molecule has 0 aromatic carbocycles. The fourth-order valence-electron chi connectivity index (χ4n) is 1.93. The molecule has 110 valence electrons. The van der Waals surface area contributed by atoms with Gasteiger partial charge in [-0.3, -0.25) is 0 Å². The monoisotopic (exact) mass is 279 g/mol. The summed E-state index contributed by atoms with van der Waals surface area (Å²) in [4.78, 5) is 0. The molecule has 4 nitrogen and oxygen atoms in total. The second-order valence-corrected chi connectivity index (χ2v) is 7.67. The lowest BCUT2D eigenvalue weighted by molar-refractivity contribution is 0.0911. The molecule has 0 unspecified atom stereocenters. The van der Waals surface area contributed by atoms with E-state index in [1.165, 1.54) is 0 Å². The van der Waals surface area contributed by atoms with Crippen LogP contribution in [0.3, 0.4) is 0 Å². The van der Waals surface area contributed by atoms with E-state index < -0.39 is 10.0 Å².